The van der Waals surface area contributed by atoms with E-state index in [1.54, 1.807) is 0 Å². The zero-order valence-corrected chi connectivity index (χ0v) is 18.7. The highest BCUT2D eigenvalue weighted by molar-refractivity contribution is 6.35. The number of aromatic amines is 1. The number of halogens is 2. The molecule has 5 nitrogen and oxygen atoms in total. The van der Waals surface area contributed by atoms with E-state index in [0.717, 1.165) is 54.6 Å². The lowest BCUT2D eigenvalue weighted by molar-refractivity contribution is 0.403. The van der Waals surface area contributed by atoms with E-state index in [9.17, 15) is 9.65 Å². The van der Waals surface area contributed by atoms with Crippen molar-refractivity contribution in [1.82, 2.24) is 9.97 Å². The van der Waals surface area contributed by atoms with Crippen LogP contribution in [0.15, 0.2) is 60.8 Å². The summed E-state index contributed by atoms with van der Waals surface area (Å²) >= 11 is 6.40. The summed E-state index contributed by atoms with van der Waals surface area (Å²) in [6, 6.07) is 18.6. The molecule has 7 heteroatoms. The Kier molecular flexibility index (Phi) is 5.89. The first-order valence-electron chi connectivity index (χ1n) is 11.0. The number of fused-ring (bicyclic) bond motifs is 1. The maximum absolute atomic E-state index is 13.2. The highest BCUT2D eigenvalue weighted by Gasteiger charge is 2.21. The maximum Gasteiger partial charge on any atom is 0.144 e. The summed E-state index contributed by atoms with van der Waals surface area (Å²) in [6.45, 7) is 1.81. The minimum Gasteiger partial charge on any atom is -0.371 e. The molecule has 1 saturated heterocycles. The summed E-state index contributed by atoms with van der Waals surface area (Å²) in [5.74, 6) is 0.981. The van der Waals surface area contributed by atoms with Crippen LogP contribution in [-0.4, -0.2) is 23.1 Å². The minimum atomic E-state index is -0.195. The first-order chi connectivity index (χ1) is 16.1. The van der Waals surface area contributed by atoms with E-state index < -0.39 is 0 Å². The quantitative estimate of drug-likeness (QED) is 0.361. The molecule has 2 N–H and O–H groups in total. The molecular weight excluding hydrogens is 437 g/mol. The molecule has 0 atom stereocenters. The first-order valence-corrected chi connectivity index (χ1v) is 11.4. The molecule has 0 radical (unpaired) electrons. The van der Waals surface area contributed by atoms with Crippen molar-refractivity contribution in [1.29, 1.82) is 5.26 Å². The molecule has 2 aromatic heterocycles. The zero-order chi connectivity index (χ0) is 22.8. The number of nitrogens with one attached hydrogen (secondary N) is 2. The Balaban J connectivity index is 1.30. The van der Waals surface area contributed by atoms with E-state index in [1.165, 1.54) is 17.7 Å². The Labute approximate surface area is 196 Å². The topological polar surface area (TPSA) is 67.7 Å². The van der Waals surface area contributed by atoms with Crippen LogP contribution in [0.3, 0.4) is 0 Å². The minimum absolute atomic E-state index is 0.195. The number of pyridine rings is 1. The van der Waals surface area contributed by atoms with Crippen molar-refractivity contribution >= 4 is 39.7 Å². The molecule has 0 spiro atoms. The van der Waals surface area contributed by atoms with E-state index in [-0.39, 0.29) is 5.82 Å². The highest BCUT2D eigenvalue weighted by Crippen LogP contribution is 2.31. The van der Waals surface area contributed by atoms with E-state index in [4.69, 9.17) is 11.6 Å². The van der Waals surface area contributed by atoms with Crippen LogP contribution in [0.2, 0.25) is 5.02 Å². The lowest BCUT2D eigenvalue weighted by atomic mass is 9.90. The van der Waals surface area contributed by atoms with Crippen LogP contribution in [0.1, 0.15) is 24.1 Å². The van der Waals surface area contributed by atoms with Crippen LogP contribution >= 0.6 is 11.6 Å². The SMILES string of the molecule is N#Cc1cc(N2CCC(Cc3ccc(F)cc3)CC2)cc(Nc2cc(Cl)c3cc[nH]c3c2)n1. The predicted octanol–water partition coefficient (Wildman–Crippen LogP) is 6.43. The second-order valence-electron chi connectivity index (χ2n) is 8.49. The number of hydrogen-bond donors (Lipinski definition) is 2. The Morgan fingerprint density at radius 2 is 1.91 bits per heavy atom. The number of nitrogens with zero attached hydrogens (tertiary/aromatic N) is 3. The summed E-state index contributed by atoms with van der Waals surface area (Å²) in [5.41, 5.74) is 4.27. The van der Waals surface area contributed by atoms with E-state index >= 15 is 0 Å². The summed E-state index contributed by atoms with van der Waals surface area (Å²) in [4.78, 5) is 9.91. The van der Waals surface area contributed by atoms with Gasteiger partial charge in [0.2, 0.25) is 0 Å². The summed E-state index contributed by atoms with van der Waals surface area (Å²) < 4.78 is 13.2. The molecular formula is C26H23ClFN5. The molecule has 3 heterocycles. The van der Waals surface area contributed by atoms with Crippen LogP contribution in [0.25, 0.3) is 10.9 Å². The molecule has 0 aliphatic carbocycles. The molecule has 0 unspecified atom stereocenters. The Hall–Kier alpha value is -3.56. The van der Waals surface area contributed by atoms with Gasteiger partial charge in [-0.05, 0) is 67.1 Å². The van der Waals surface area contributed by atoms with Crippen molar-refractivity contribution in [2.75, 3.05) is 23.3 Å². The number of rotatable bonds is 5. The fourth-order valence-corrected chi connectivity index (χ4v) is 4.79. The van der Waals surface area contributed by atoms with Crippen LogP contribution in [0.5, 0.6) is 0 Å². The van der Waals surface area contributed by atoms with Gasteiger partial charge in [0.1, 0.15) is 23.4 Å². The molecule has 1 aliphatic heterocycles. The molecule has 4 aromatic rings. The molecule has 1 aliphatic rings. The summed E-state index contributed by atoms with van der Waals surface area (Å²) in [7, 11) is 0. The van der Waals surface area contributed by atoms with Gasteiger partial charge in [-0.15, -0.1) is 0 Å². The Bertz CT molecular complexity index is 1320. The molecule has 166 valence electrons. The molecule has 33 heavy (non-hydrogen) atoms. The average Bonchev–Trinajstić information content (AvgIpc) is 3.30. The van der Waals surface area contributed by atoms with Crippen LogP contribution < -0.4 is 10.2 Å². The number of nitriles is 1. The van der Waals surface area contributed by atoms with Crippen molar-refractivity contribution in [3.63, 3.8) is 0 Å². The fourth-order valence-electron chi connectivity index (χ4n) is 4.51. The third-order valence-corrected chi connectivity index (χ3v) is 6.55. The largest absolute Gasteiger partial charge is 0.371 e. The van der Waals surface area contributed by atoms with Gasteiger partial charge in [-0.3, -0.25) is 0 Å². The van der Waals surface area contributed by atoms with Gasteiger partial charge in [-0.1, -0.05) is 23.7 Å². The number of anilines is 3. The summed E-state index contributed by atoms with van der Waals surface area (Å²) in [6.07, 6.45) is 4.91. The maximum atomic E-state index is 13.2. The second kappa shape index (κ2) is 9.13. The summed E-state index contributed by atoms with van der Waals surface area (Å²) in [5, 5.41) is 14.4. The van der Waals surface area contributed by atoms with Gasteiger partial charge in [-0.2, -0.15) is 5.26 Å². The Morgan fingerprint density at radius 1 is 1.12 bits per heavy atom. The van der Waals surface area contributed by atoms with E-state index in [2.05, 4.69) is 26.3 Å². The highest BCUT2D eigenvalue weighted by atomic mass is 35.5. The van der Waals surface area contributed by atoms with Gasteiger partial charge in [0.25, 0.3) is 0 Å². The molecule has 0 bridgehead atoms. The molecule has 0 saturated carbocycles. The van der Waals surface area contributed by atoms with E-state index in [0.29, 0.717) is 22.5 Å². The standard InChI is InChI=1S/C26H23ClFN5/c27-24-13-20(14-25-23(24)5-8-30-25)31-26-15-22(12-21(16-29)32-26)33-9-6-18(7-10-33)11-17-1-3-19(28)4-2-17/h1-5,8,12-15,18,30H,6-7,9-11H2,(H,31,32). The number of aromatic nitrogens is 2. The van der Waals surface area contributed by atoms with Crippen molar-refractivity contribution in [2.24, 2.45) is 5.92 Å². The molecule has 0 amide bonds. The lowest BCUT2D eigenvalue weighted by Crippen LogP contribution is -2.34. The zero-order valence-electron chi connectivity index (χ0n) is 18.0. The second-order valence-corrected chi connectivity index (χ2v) is 8.90. The van der Waals surface area contributed by atoms with Crippen molar-refractivity contribution in [2.45, 2.75) is 19.3 Å². The number of hydrogen-bond acceptors (Lipinski definition) is 4. The number of H-pyrrole nitrogens is 1. The third-order valence-electron chi connectivity index (χ3n) is 6.23. The fraction of sp³-hybridized carbons (Fsp3) is 0.231. The third kappa shape index (κ3) is 4.79. The smallest absolute Gasteiger partial charge is 0.144 e. The van der Waals surface area contributed by atoms with Crippen molar-refractivity contribution < 1.29 is 4.39 Å². The van der Waals surface area contributed by atoms with Crippen molar-refractivity contribution in [3.8, 4) is 6.07 Å². The monoisotopic (exact) mass is 459 g/mol. The molecule has 5 rings (SSSR count). The Morgan fingerprint density at radius 3 is 2.67 bits per heavy atom. The van der Waals surface area contributed by atoms with Gasteiger partial charge >= 0.3 is 0 Å². The predicted molar refractivity (Wildman–Crippen MR) is 131 cm³/mol. The lowest BCUT2D eigenvalue weighted by Gasteiger charge is -2.34. The normalized spacial score (nSPS) is 14.4. The van der Waals surface area contributed by atoms with Gasteiger partial charge in [-0.25, -0.2) is 9.37 Å². The average molecular weight is 460 g/mol. The van der Waals surface area contributed by atoms with Crippen LogP contribution in [0, 0.1) is 23.1 Å². The van der Waals surface area contributed by atoms with Gasteiger partial charge in [0.05, 0.1) is 5.02 Å². The number of benzene rings is 2. The van der Waals surface area contributed by atoms with Gasteiger partial charge in [0.15, 0.2) is 0 Å². The molecule has 1 fully saturated rings. The van der Waals surface area contributed by atoms with Crippen molar-refractivity contribution in [3.05, 3.63) is 82.9 Å². The number of piperidine rings is 1. The first kappa shape index (κ1) is 21.3. The van der Waals surface area contributed by atoms with E-state index in [1.807, 2.05) is 48.7 Å². The van der Waals surface area contributed by atoms with Gasteiger partial charge in [0, 0.05) is 47.6 Å². The van der Waals surface area contributed by atoms with Crippen LogP contribution in [-0.2, 0) is 6.42 Å². The van der Waals surface area contributed by atoms with Crippen LogP contribution in [0.4, 0.5) is 21.6 Å². The molecule has 2 aromatic carbocycles. The van der Waals surface area contributed by atoms with Gasteiger partial charge < -0.3 is 15.2 Å².